The van der Waals surface area contributed by atoms with E-state index in [1.54, 1.807) is 27.4 Å². The van der Waals surface area contributed by atoms with E-state index in [1.807, 2.05) is 12.1 Å². The summed E-state index contributed by atoms with van der Waals surface area (Å²) in [6, 6.07) is 7.13. The predicted octanol–water partition coefficient (Wildman–Crippen LogP) is 2.51. The molecule has 0 aliphatic carbocycles. The van der Waals surface area contributed by atoms with Crippen molar-refractivity contribution in [3.05, 3.63) is 47.6 Å². The number of esters is 1. The van der Waals surface area contributed by atoms with E-state index in [4.69, 9.17) is 16.3 Å². The van der Waals surface area contributed by atoms with Crippen LogP contribution in [0.4, 0.5) is 0 Å². The third-order valence-corrected chi connectivity index (χ3v) is 4.94. The number of benzene rings is 1. The van der Waals surface area contributed by atoms with Gasteiger partial charge in [-0.05, 0) is 24.3 Å². The van der Waals surface area contributed by atoms with Crippen LogP contribution in [-0.4, -0.2) is 53.4 Å². The molecule has 0 spiro atoms. The van der Waals surface area contributed by atoms with Crippen molar-refractivity contribution >= 4 is 46.3 Å². The van der Waals surface area contributed by atoms with Crippen LogP contribution in [0.5, 0.6) is 0 Å². The van der Waals surface area contributed by atoms with Crippen LogP contribution in [0.1, 0.15) is 5.69 Å². The van der Waals surface area contributed by atoms with Crippen molar-refractivity contribution in [3.8, 4) is 5.69 Å². The molecule has 0 amide bonds. The van der Waals surface area contributed by atoms with Gasteiger partial charge in [-0.1, -0.05) is 29.4 Å². The summed E-state index contributed by atoms with van der Waals surface area (Å²) in [7, 11) is 1.32. The summed E-state index contributed by atoms with van der Waals surface area (Å²) in [5, 5.41) is 18.6. The number of aromatic nitrogens is 7. The molecule has 3 aromatic heterocycles. The summed E-state index contributed by atoms with van der Waals surface area (Å²) < 4.78 is 7.98. The van der Waals surface area contributed by atoms with Crippen molar-refractivity contribution < 1.29 is 9.53 Å². The fourth-order valence-corrected chi connectivity index (χ4v) is 3.29. The quantitative estimate of drug-likeness (QED) is 0.269. The second-order valence-electron chi connectivity index (χ2n) is 5.67. The first kappa shape index (κ1) is 18.4. The second kappa shape index (κ2) is 7.56. The molecule has 0 atom stereocenters. The SMILES string of the molecule is C=CCSc1nc2nnc3c(CC(=O)OC)nn(-c4ccc(Cl)cc4)c3n2n1. The summed E-state index contributed by atoms with van der Waals surface area (Å²) in [6.45, 7) is 3.70. The minimum atomic E-state index is -0.426. The number of hydrogen-bond acceptors (Lipinski definition) is 8. The highest BCUT2D eigenvalue weighted by atomic mass is 35.5. The number of halogens is 1. The lowest BCUT2D eigenvalue weighted by Crippen LogP contribution is -2.06. The van der Waals surface area contributed by atoms with Crippen LogP contribution in [0.3, 0.4) is 0 Å². The normalized spacial score (nSPS) is 11.2. The van der Waals surface area contributed by atoms with Gasteiger partial charge in [-0.3, -0.25) is 4.79 Å². The van der Waals surface area contributed by atoms with Gasteiger partial charge in [-0.15, -0.1) is 21.9 Å². The average molecular weight is 416 g/mol. The average Bonchev–Trinajstić information content (AvgIpc) is 3.28. The lowest BCUT2D eigenvalue weighted by atomic mass is 10.3. The molecule has 0 bridgehead atoms. The number of ether oxygens (including phenoxy) is 1. The zero-order valence-electron chi connectivity index (χ0n) is 14.7. The zero-order chi connectivity index (χ0) is 19.7. The third kappa shape index (κ3) is 3.32. The minimum Gasteiger partial charge on any atom is -0.469 e. The highest BCUT2D eigenvalue weighted by Gasteiger charge is 2.21. The van der Waals surface area contributed by atoms with Gasteiger partial charge in [-0.25, -0.2) is 4.68 Å². The number of rotatable bonds is 6. The zero-order valence-corrected chi connectivity index (χ0v) is 16.3. The Morgan fingerprint density at radius 1 is 1.29 bits per heavy atom. The third-order valence-electron chi connectivity index (χ3n) is 3.86. The molecule has 4 aromatic rings. The maximum Gasteiger partial charge on any atom is 0.311 e. The van der Waals surface area contributed by atoms with Gasteiger partial charge in [-0.2, -0.15) is 14.6 Å². The molecule has 3 heterocycles. The Kier molecular flexibility index (Phi) is 4.97. The van der Waals surface area contributed by atoms with Crippen molar-refractivity contribution in [3.63, 3.8) is 0 Å². The fourth-order valence-electron chi connectivity index (χ4n) is 2.61. The van der Waals surface area contributed by atoms with E-state index in [9.17, 15) is 4.79 Å². The molecule has 0 unspecified atom stereocenters. The molecule has 11 heteroatoms. The number of nitrogens with zero attached hydrogens (tertiary/aromatic N) is 7. The molecule has 0 saturated heterocycles. The van der Waals surface area contributed by atoms with Gasteiger partial charge in [0.05, 0.1) is 19.2 Å². The van der Waals surface area contributed by atoms with E-state index in [0.717, 1.165) is 5.69 Å². The molecule has 0 aliphatic heterocycles. The molecular formula is C17H14ClN7O2S. The van der Waals surface area contributed by atoms with Gasteiger partial charge in [0.15, 0.2) is 11.2 Å². The molecule has 0 saturated carbocycles. The molecule has 1 aromatic carbocycles. The maximum absolute atomic E-state index is 11.8. The van der Waals surface area contributed by atoms with E-state index in [1.165, 1.54) is 18.9 Å². The molecule has 4 rings (SSSR count). The van der Waals surface area contributed by atoms with Crippen LogP contribution in [0.15, 0.2) is 42.1 Å². The smallest absolute Gasteiger partial charge is 0.311 e. The molecule has 0 fully saturated rings. The van der Waals surface area contributed by atoms with Crippen LogP contribution in [0, 0.1) is 0 Å². The minimum absolute atomic E-state index is 0.0411. The van der Waals surface area contributed by atoms with Crippen molar-refractivity contribution in [2.24, 2.45) is 0 Å². The van der Waals surface area contributed by atoms with Gasteiger partial charge in [0.25, 0.3) is 5.78 Å². The van der Waals surface area contributed by atoms with Crippen molar-refractivity contribution in [2.45, 2.75) is 11.6 Å². The number of thioether (sulfide) groups is 1. The molecule has 0 aliphatic rings. The Morgan fingerprint density at radius 2 is 2.07 bits per heavy atom. The first-order valence-electron chi connectivity index (χ1n) is 8.18. The summed E-state index contributed by atoms with van der Waals surface area (Å²) in [5.74, 6) is 0.571. The summed E-state index contributed by atoms with van der Waals surface area (Å²) in [6.07, 6.45) is 1.73. The number of carbonyl (C=O) groups excluding carboxylic acids is 1. The molecule has 0 radical (unpaired) electrons. The summed E-state index contributed by atoms with van der Waals surface area (Å²) in [4.78, 5) is 16.2. The van der Waals surface area contributed by atoms with E-state index < -0.39 is 5.97 Å². The van der Waals surface area contributed by atoms with E-state index in [-0.39, 0.29) is 6.42 Å². The van der Waals surface area contributed by atoms with Gasteiger partial charge in [0, 0.05) is 10.8 Å². The van der Waals surface area contributed by atoms with Crippen LogP contribution in [0.25, 0.3) is 22.6 Å². The lowest BCUT2D eigenvalue weighted by molar-refractivity contribution is -0.139. The molecule has 28 heavy (non-hydrogen) atoms. The molecular weight excluding hydrogens is 402 g/mol. The molecule has 9 nitrogen and oxygen atoms in total. The Balaban J connectivity index is 1.96. The van der Waals surface area contributed by atoms with Gasteiger partial charge >= 0.3 is 5.97 Å². The maximum atomic E-state index is 11.8. The highest BCUT2D eigenvalue weighted by molar-refractivity contribution is 7.99. The topological polar surface area (TPSA) is 100 Å². The summed E-state index contributed by atoms with van der Waals surface area (Å²) in [5.41, 5.74) is 2.15. The van der Waals surface area contributed by atoms with E-state index in [2.05, 4.69) is 32.0 Å². The van der Waals surface area contributed by atoms with Crippen LogP contribution in [-0.2, 0) is 16.0 Å². The molecule has 142 valence electrons. The fraction of sp³-hybridized carbons (Fsp3) is 0.176. The Hall–Kier alpha value is -2.98. The first-order chi connectivity index (χ1) is 13.6. The second-order valence-corrected chi connectivity index (χ2v) is 7.09. The number of fused-ring (bicyclic) bond motifs is 3. The van der Waals surface area contributed by atoms with E-state index >= 15 is 0 Å². The van der Waals surface area contributed by atoms with Crippen LogP contribution >= 0.6 is 23.4 Å². The van der Waals surface area contributed by atoms with Crippen molar-refractivity contribution in [2.75, 3.05) is 12.9 Å². The van der Waals surface area contributed by atoms with Crippen LogP contribution < -0.4 is 0 Å². The number of carbonyl (C=O) groups is 1. The van der Waals surface area contributed by atoms with Gasteiger partial charge < -0.3 is 4.74 Å². The lowest BCUT2D eigenvalue weighted by Gasteiger charge is -2.03. The largest absolute Gasteiger partial charge is 0.469 e. The van der Waals surface area contributed by atoms with E-state index in [0.29, 0.717) is 38.6 Å². The van der Waals surface area contributed by atoms with Crippen LogP contribution in [0.2, 0.25) is 5.02 Å². The Bertz CT molecular complexity index is 1190. The van der Waals surface area contributed by atoms with Crippen molar-refractivity contribution in [1.82, 2.24) is 34.6 Å². The Labute approximate surface area is 168 Å². The number of hydrogen-bond donors (Lipinski definition) is 0. The summed E-state index contributed by atoms with van der Waals surface area (Å²) >= 11 is 7.43. The van der Waals surface area contributed by atoms with Gasteiger partial charge in [0.2, 0.25) is 5.16 Å². The number of methoxy groups -OCH3 is 1. The van der Waals surface area contributed by atoms with Gasteiger partial charge in [0.1, 0.15) is 5.69 Å². The first-order valence-corrected chi connectivity index (χ1v) is 9.54. The highest BCUT2D eigenvalue weighted by Crippen LogP contribution is 2.23. The predicted molar refractivity (Wildman–Crippen MR) is 105 cm³/mol. The Morgan fingerprint density at radius 3 is 2.79 bits per heavy atom. The monoisotopic (exact) mass is 415 g/mol. The standard InChI is InChI=1S/C17H14ClN7O2S/c1-3-8-28-17-19-16-21-20-14-12(9-13(26)27-2)22-24(15(14)25(16)23-17)11-6-4-10(18)5-7-11/h3-7H,1,8-9H2,2H3. The van der Waals surface area contributed by atoms with Crippen molar-refractivity contribution in [1.29, 1.82) is 0 Å². The molecule has 0 N–H and O–H groups in total.